The maximum Gasteiger partial charge on any atom is 0.422 e. The van der Waals surface area contributed by atoms with Crippen molar-refractivity contribution in [3.8, 4) is 5.75 Å². The lowest BCUT2D eigenvalue weighted by atomic mass is 10.1. The lowest BCUT2D eigenvalue weighted by Gasteiger charge is -2.20. The van der Waals surface area contributed by atoms with Gasteiger partial charge in [-0.05, 0) is 35.9 Å². The molecule has 0 aliphatic rings. The van der Waals surface area contributed by atoms with Gasteiger partial charge in [0.05, 0.1) is 5.56 Å². The number of benzene rings is 2. The molecule has 0 aliphatic carbocycles. The highest BCUT2D eigenvalue weighted by Crippen LogP contribution is 2.32. The third kappa shape index (κ3) is 5.90. The quantitative estimate of drug-likeness (QED) is 0.678. The van der Waals surface area contributed by atoms with Gasteiger partial charge in [0.1, 0.15) is 5.75 Å². The summed E-state index contributed by atoms with van der Waals surface area (Å²) in [5.41, 5.74) is -0.784. The van der Waals surface area contributed by atoms with E-state index in [4.69, 9.17) is 0 Å². The molecule has 0 aliphatic heterocycles. The van der Waals surface area contributed by atoms with Gasteiger partial charge in [0.25, 0.3) is 5.91 Å². The van der Waals surface area contributed by atoms with Crippen molar-refractivity contribution in [1.82, 2.24) is 4.90 Å². The zero-order valence-corrected chi connectivity index (χ0v) is 14.1. The summed E-state index contributed by atoms with van der Waals surface area (Å²) in [6.45, 7) is -1.74. The second-order valence-electron chi connectivity index (χ2n) is 5.74. The molecule has 0 radical (unpaired) electrons. The predicted octanol–water partition coefficient (Wildman–Crippen LogP) is 4.92. The molecule has 0 saturated carbocycles. The van der Waals surface area contributed by atoms with Crippen molar-refractivity contribution < 1.29 is 35.9 Å². The normalized spacial score (nSPS) is 12.0. The molecule has 3 nitrogen and oxygen atoms in total. The average Bonchev–Trinajstić information content (AvgIpc) is 2.58. The molecule has 0 N–H and O–H groups in total. The largest absolute Gasteiger partial charge is 0.484 e. The first-order valence-corrected chi connectivity index (χ1v) is 7.67. The number of carbonyl (C=O) groups is 1. The molecular formula is C18H15F6NO2. The summed E-state index contributed by atoms with van der Waals surface area (Å²) < 4.78 is 80.0. The predicted molar refractivity (Wildman–Crippen MR) is 85.2 cm³/mol. The number of alkyl halides is 6. The Morgan fingerprint density at radius 2 is 1.56 bits per heavy atom. The van der Waals surface area contributed by atoms with E-state index in [1.54, 1.807) is 0 Å². The van der Waals surface area contributed by atoms with Gasteiger partial charge in [-0.2, -0.15) is 26.3 Å². The second-order valence-corrected chi connectivity index (χ2v) is 5.74. The summed E-state index contributed by atoms with van der Waals surface area (Å²) in [7, 11) is 1.34. The Hall–Kier alpha value is -2.71. The van der Waals surface area contributed by atoms with Gasteiger partial charge in [-0.3, -0.25) is 4.79 Å². The monoisotopic (exact) mass is 391 g/mol. The van der Waals surface area contributed by atoms with Crippen LogP contribution in [0.2, 0.25) is 0 Å². The van der Waals surface area contributed by atoms with Gasteiger partial charge < -0.3 is 9.64 Å². The van der Waals surface area contributed by atoms with Crippen molar-refractivity contribution in [1.29, 1.82) is 0 Å². The summed E-state index contributed by atoms with van der Waals surface area (Å²) in [6, 6.07) is 9.79. The molecule has 0 saturated heterocycles. The number of carbonyl (C=O) groups excluding carboxylic acids is 1. The van der Waals surface area contributed by atoms with Gasteiger partial charge in [-0.25, -0.2) is 0 Å². The number of rotatable bonds is 5. The van der Waals surface area contributed by atoms with Crippen molar-refractivity contribution in [2.45, 2.75) is 18.9 Å². The van der Waals surface area contributed by atoms with Gasteiger partial charge in [-0.15, -0.1) is 0 Å². The second kappa shape index (κ2) is 7.89. The van der Waals surface area contributed by atoms with E-state index < -0.39 is 30.4 Å². The fraction of sp³-hybridized carbons (Fsp3) is 0.278. The molecule has 1 amide bonds. The molecule has 146 valence electrons. The van der Waals surface area contributed by atoms with Gasteiger partial charge in [0.15, 0.2) is 6.61 Å². The van der Waals surface area contributed by atoms with Crippen molar-refractivity contribution >= 4 is 5.91 Å². The Kier molecular flexibility index (Phi) is 6.02. The van der Waals surface area contributed by atoms with Gasteiger partial charge in [0, 0.05) is 19.2 Å². The minimum Gasteiger partial charge on any atom is -0.484 e. The van der Waals surface area contributed by atoms with E-state index in [1.807, 2.05) is 0 Å². The highest BCUT2D eigenvalue weighted by Gasteiger charge is 2.33. The van der Waals surface area contributed by atoms with Crippen LogP contribution in [0.15, 0.2) is 48.5 Å². The number of halogens is 6. The van der Waals surface area contributed by atoms with Crippen molar-refractivity contribution in [3.63, 3.8) is 0 Å². The SMILES string of the molecule is CN(Cc1ccccc1C(F)(F)F)C(=O)c1ccc(OCC(F)(F)F)cc1. The molecule has 9 heteroatoms. The molecule has 0 spiro atoms. The molecule has 2 rings (SSSR count). The van der Waals surface area contributed by atoms with Crippen LogP contribution in [0.4, 0.5) is 26.3 Å². The Morgan fingerprint density at radius 1 is 0.963 bits per heavy atom. The van der Waals surface area contributed by atoms with Crippen LogP contribution in [0.25, 0.3) is 0 Å². The van der Waals surface area contributed by atoms with Crippen molar-refractivity contribution in [2.75, 3.05) is 13.7 Å². The van der Waals surface area contributed by atoms with E-state index in [9.17, 15) is 31.1 Å². The molecular weight excluding hydrogens is 376 g/mol. The standard InChI is InChI=1S/C18H15F6NO2/c1-25(10-13-4-2-3-5-15(13)18(22,23)24)16(26)12-6-8-14(9-7-12)27-11-17(19,20)21/h2-9H,10-11H2,1H3. The van der Waals surface area contributed by atoms with Crippen LogP contribution in [-0.2, 0) is 12.7 Å². The van der Waals surface area contributed by atoms with E-state index in [-0.39, 0.29) is 23.4 Å². The summed E-state index contributed by atoms with van der Waals surface area (Å²) >= 11 is 0. The molecule has 0 fully saturated rings. The van der Waals surface area contributed by atoms with Crippen molar-refractivity contribution in [2.24, 2.45) is 0 Å². The lowest BCUT2D eigenvalue weighted by molar-refractivity contribution is -0.153. The third-order valence-electron chi connectivity index (χ3n) is 3.58. The van der Waals surface area contributed by atoms with Crippen LogP contribution in [-0.4, -0.2) is 30.6 Å². The average molecular weight is 391 g/mol. The minimum atomic E-state index is -4.54. The lowest BCUT2D eigenvalue weighted by Crippen LogP contribution is -2.27. The molecule has 0 aromatic heterocycles. The first kappa shape index (κ1) is 20.6. The summed E-state index contributed by atoms with van der Waals surface area (Å²) in [6.07, 6.45) is -9.03. The zero-order chi connectivity index (χ0) is 20.2. The summed E-state index contributed by atoms with van der Waals surface area (Å²) in [5, 5.41) is 0. The minimum absolute atomic E-state index is 0.0639. The van der Waals surface area contributed by atoms with E-state index in [0.29, 0.717) is 0 Å². The fourth-order valence-corrected chi connectivity index (χ4v) is 2.34. The van der Waals surface area contributed by atoms with Crippen LogP contribution in [0.5, 0.6) is 5.75 Å². The Balaban J connectivity index is 2.08. The van der Waals surface area contributed by atoms with E-state index in [2.05, 4.69) is 4.74 Å². The molecule has 0 heterocycles. The smallest absolute Gasteiger partial charge is 0.422 e. The van der Waals surface area contributed by atoms with Crippen LogP contribution in [0, 0.1) is 0 Å². The third-order valence-corrected chi connectivity index (χ3v) is 3.58. The number of ether oxygens (including phenoxy) is 1. The number of nitrogens with zero attached hydrogens (tertiary/aromatic N) is 1. The first-order chi connectivity index (χ1) is 12.5. The highest BCUT2D eigenvalue weighted by atomic mass is 19.4. The first-order valence-electron chi connectivity index (χ1n) is 7.67. The van der Waals surface area contributed by atoms with E-state index in [1.165, 1.54) is 49.5 Å². The molecule has 27 heavy (non-hydrogen) atoms. The highest BCUT2D eigenvalue weighted by molar-refractivity contribution is 5.94. The topological polar surface area (TPSA) is 29.5 Å². The number of hydrogen-bond acceptors (Lipinski definition) is 2. The number of hydrogen-bond donors (Lipinski definition) is 0. The van der Waals surface area contributed by atoms with Crippen LogP contribution < -0.4 is 4.74 Å². The fourth-order valence-electron chi connectivity index (χ4n) is 2.34. The van der Waals surface area contributed by atoms with Gasteiger partial charge in [-0.1, -0.05) is 18.2 Å². The van der Waals surface area contributed by atoms with Crippen LogP contribution in [0.1, 0.15) is 21.5 Å². The molecule has 0 atom stereocenters. The van der Waals surface area contributed by atoms with Crippen LogP contribution in [0.3, 0.4) is 0 Å². The van der Waals surface area contributed by atoms with Gasteiger partial charge in [0.2, 0.25) is 0 Å². The van der Waals surface area contributed by atoms with E-state index in [0.717, 1.165) is 11.0 Å². The number of amides is 1. The maximum absolute atomic E-state index is 13.0. The van der Waals surface area contributed by atoms with Crippen molar-refractivity contribution in [3.05, 3.63) is 65.2 Å². The Labute approximate surface area is 151 Å². The molecule has 0 bridgehead atoms. The Bertz CT molecular complexity index is 784. The summed E-state index contributed by atoms with van der Waals surface area (Å²) in [5.74, 6) is -0.650. The van der Waals surface area contributed by atoms with Gasteiger partial charge >= 0.3 is 12.4 Å². The van der Waals surface area contributed by atoms with Crippen LogP contribution >= 0.6 is 0 Å². The molecule has 0 unspecified atom stereocenters. The molecule has 2 aromatic carbocycles. The summed E-state index contributed by atoms with van der Waals surface area (Å²) in [4.78, 5) is 13.5. The Morgan fingerprint density at radius 3 is 2.11 bits per heavy atom. The zero-order valence-electron chi connectivity index (χ0n) is 14.1. The maximum atomic E-state index is 13.0. The molecule has 2 aromatic rings. The van der Waals surface area contributed by atoms with E-state index >= 15 is 0 Å².